The normalized spacial score (nSPS) is 17.1. The highest BCUT2D eigenvalue weighted by molar-refractivity contribution is 5.74. The second-order valence-electron chi connectivity index (χ2n) is 6.29. The lowest BCUT2D eigenvalue weighted by molar-refractivity contribution is -0.149. The molecule has 5 nitrogen and oxygen atoms in total. The third kappa shape index (κ3) is 3.11. The molecule has 21 heavy (non-hydrogen) atoms. The van der Waals surface area contributed by atoms with Crippen LogP contribution in [0, 0.1) is 12.3 Å². The van der Waals surface area contributed by atoms with Crippen LogP contribution in [0.1, 0.15) is 76.5 Å². The smallest absolute Gasteiger partial charge is 0.310 e. The van der Waals surface area contributed by atoms with E-state index >= 15 is 0 Å². The average molecular weight is 293 g/mol. The Bertz CT molecular complexity index is 486. The van der Waals surface area contributed by atoms with Gasteiger partial charge in [0, 0.05) is 12.5 Å². The molecule has 1 aliphatic rings. The second-order valence-corrected chi connectivity index (χ2v) is 6.29. The summed E-state index contributed by atoms with van der Waals surface area (Å²) >= 11 is 0. The van der Waals surface area contributed by atoms with Crippen molar-refractivity contribution in [1.82, 2.24) is 14.8 Å². The fourth-order valence-electron chi connectivity index (χ4n) is 3.53. The summed E-state index contributed by atoms with van der Waals surface area (Å²) in [7, 11) is 0. The highest BCUT2D eigenvalue weighted by Gasteiger charge is 2.37. The van der Waals surface area contributed by atoms with Crippen LogP contribution in [0.3, 0.4) is 0 Å². The largest absolute Gasteiger partial charge is 0.481 e. The van der Waals surface area contributed by atoms with E-state index in [0.29, 0.717) is 25.3 Å². The Hall–Kier alpha value is -1.39. The van der Waals surface area contributed by atoms with Gasteiger partial charge in [0.15, 0.2) is 0 Å². The topological polar surface area (TPSA) is 68.0 Å². The molecule has 1 aromatic heterocycles. The predicted octanol–water partition coefficient (Wildman–Crippen LogP) is 3.53. The van der Waals surface area contributed by atoms with E-state index in [-0.39, 0.29) is 0 Å². The molecule has 5 heteroatoms. The number of rotatable bonds is 6. The molecule has 0 saturated heterocycles. The summed E-state index contributed by atoms with van der Waals surface area (Å²) in [5.74, 6) is 1.05. The maximum atomic E-state index is 11.7. The van der Waals surface area contributed by atoms with E-state index in [9.17, 15) is 9.90 Å². The number of aliphatic carboxylic acids is 1. The van der Waals surface area contributed by atoms with Gasteiger partial charge < -0.3 is 9.67 Å². The number of aryl methyl sites for hydroxylation is 1. The van der Waals surface area contributed by atoms with Gasteiger partial charge >= 0.3 is 5.97 Å². The highest BCUT2D eigenvalue weighted by atomic mass is 16.4. The number of carbonyl (C=O) groups is 1. The van der Waals surface area contributed by atoms with Crippen molar-refractivity contribution in [1.29, 1.82) is 0 Å². The summed E-state index contributed by atoms with van der Waals surface area (Å²) in [6, 6.07) is 0.448. The van der Waals surface area contributed by atoms with Crippen LogP contribution in [0.4, 0.5) is 0 Å². The molecule has 0 unspecified atom stereocenters. The lowest BCUT2D eigenvalue weighted by atomic mass is 9.79. The molecule has 1 aromatic rings. The van der Waals surface area contributed by atoms with E-state index in [2.05, 4.69) is 14.8 Å². The molecule has 118 valence electrons. The quantitative estimate of drug-likeness (QED) is 0.871. The van der Waals surface area contributed by atoms with Crippen molar-refractivity contribution in [2.75, 3.05) is 0 Å². The number of carboxylic acids is 1. The molecule has 0 amide bonds. The first-order valence-electron chi connectivity index (χ1n) is 8.18. The Balaban J connectivity index is 2.29. The minimum absolute atomic E-state index is 0.448. The van der Waals surface area contributed by atoms with Crippen molar-refractivity contribution < 1.29 is 9.90 Å². The molecule has 0 aliphatic heterocycles. The van der Waals surface area contributed by atoms with Gasteiger partial charge in [0.2, 0.25) is 0 Å². The second kappa shape index (κ2) is 6.58. The molecule has 1 aliphatic carbocycles. The molecular weight excluding hydrogens is 266 g/mol. The SMILES string of the molecule is CCC(CC)(Cc1nnc(C)n1C1CCCCC1)C(=O)O. The standard InChI is InChI=1S/C16H27N3O2/c1-4-16(5-2,15(20)21)11-14-18-17-12(3)19(14)13-9-7-6-8-10-13/h13H,4-11H2,1-3H3,(H,20,21). The summed E-state index contributed by atoms with van der Waals surface area (Å²) in [4.78, 5) is 11.7. The Morgan fingerprint density at radius 1 is 1.24 bits per heavy atom. The van der Waals surface area contributed by atoms with Gasteiger partial charge in [-0.05, 0) is 32.6 Å². The molecule has 1 N–H and O–H groups in total. The van der Waals surface area contributed by atoms with Gasteiger partial charge in [0.1, 0.15) is 11.6 Å². The first-order chi connectivity index (χ1) is 10.0. The van der Waals surface area contributed by atoms with Crippen LogP contribution >= 0.6 is 0 Å². The van der Waals surface area contributed by atoms with Crippen LogP contribution in [0.15, 0.2) is 0 Å². The van der Waals surface area contributed by atoms with Crippen molar-refractivity contribution in [3.05, 3.63) is 11.6 Å². The van der Waals surface area contributed by atoms with E-state index in [1.165, 1.54) is 19.3 Å². The van der Waals surface area contributed by atoms with Crippen LogP contribution in [0.2, 0.25) is 0 Å². The summed E-state index contributed by atoms with van der Waals surface area (Å²) in [6.45, 7) is 5.88. The van der Waals surface area contributed by atoms with Crippen molar-refractivity contribution in [3.63, 3.8) is 0 Å². The predicted molar refractivity (Wildman–Crippen MR) is 81.2 cm³/mol. The molecule has 0 radical (unpaired) electrons. The van der Waals surface area contributed by atoms with Gasteiger partial charge in [-0.25, -0.2) is 0 Å². The number of hydrogen-bond acceptors (Lipinski definition) is 3. The van der Waals surface area contributed by atoms with Crippen molar-refractivity contribution in [2.45, 2.75) is 78.2 Å². The first kappa shape index (κ1) is 16.0. The number of nitrogens with zero attached hydrogens (tertiary/aromatic N) is 3. The Kier molecular flexibility index (Phi) is 5.01. The summed E-state index contributed by atoms with van der Waals surface area (Å²) in [6.07, 6.45) is 7.82. The van der Waals surface area contributed by atoms with Gasteiger partial charge in [-0.1, -0.05) is 33.1 Å². The third-order valence-corrected chi connectivity index (χ3v) is 5.18. The van der Waals surface area contributed by atoms with Crippen molar-refractivity contribution in [3.8, 4) is 0 Å². The first-order valence-corrected chi connectivity index (χ1v) is 8.18. The summed E-state index contributed by atoms with van der Waals surface area (Å²) in [5.41, 5.74) is -0.716. The third-order valence-electron chi connectivity index (χ3n) is 5.18. The monoisotopic (exact) mass is 293 g/mol. The van der Waals surface area contributed by atoms with Crippen LogP contribution in [-0.4, -0.2) is 25.8 Å². The van der Waals surface area contributed by atoms with Gasteiger partial charge in [0.25, 0.3) is 0 Å². The molecule has 0 aromatic carbocycles. The number of aromatic nitrogens is 3. The maximum absolute atomic E-state index is 11.7. The van der Waals surface area contributed by atoms with Gasteiger partial charge in [-0.15, -0.1) is 10.2 Å². The molecular formula is C16H27N3O2. The fourth-order valence-corrected chi connectivity index (χ4v) is 3.53. The highest BCUT2D eigenvalue weighted by Crippen LogP contribution is 2.34. The molecule has 0 spiro atoms. The average Bonchev–Trinajstić information content (AvgIpc) is 2.86. The minimum Gasteiger partial charge on any atom is -0.481 e. The molecule has 0 bridgehead atoms. The Labute approximate surface area is 126 Å². The number of carboxylic acid groups (broad SMARTS) is 1. The Morgan fingerprint density at radius 2 is 1.86 bits per heavy atom. The molecule has 0 atom stereocenters. The summed E-state index contributed by atoms with van der Waals surface area (Å²) < 4.78 is 2.21. The minimum atomic E-state index is -0.719. The van der Waals surface area contributed by atoms with E-state index in [4.69, 9.17) is 0 Å². The van der Waals surface area contributed by atoms with Gasteiger partial charge in [-0.3, -0.25) is 4.79 Å². The zero-order chi connectivity index (χ0) is 15.5. The molecule has 1 saturated carbocycles. The van der Waals surface area contributed by atoms with Crippen molar-refractivity contribution in [2.24, 2.45) is 5.41 Å². The van der Waals surface area contributed by atoms with E-state index in [1.54, 1.807) is 0 Å². The zero-order valence-electron chi connectivity index (χ0n) is 13.4. The van der Waals surface area contributed by atoms with Crippen LogP contribution in [0.5, 0.6) is 0 Å². The Morgan fingerprint density at radius 3 is 2.38 bits per heavy atom. The van der Waals surface area contributed by atoms with Gasteiger partial charge in [-0.2, -0.15) is 0 Å². The zero-order valence-corrected chi connectivity index (χ0v) is 13.4. The number of hydrogen-bond donors (Lipinski definition) is 1. The van der Waals surface area contributed by atoms with E-state index in [1.807, 2.05) is 20.8 Å². The molecule has 1 fully saturated rings. The molecule has 2 rings (SSSR count). The lowest BCUT2D eigenvalue weighted by Crippen LogP contribution is -2.33. The van der Waals surface area contributed by atoms with Crippen LogP contribution in [0.25, 0.3) is 0 Å². The fraction of sp³-hybridized carbons (Fsp3) is 0.812. The van der Waals surface area contributed by atoms with E-state index in [0.717, 1.165) is 24.5 Å². The van der Waals surface area contributed by atoms with E-state index < -0.39 is 11.4 Å². The van der Waals surface area contributed by atoms with Crippen LogP contribution in [-0.2, 0) is 11.2 Å². The molecule has 1 heterocycles. The van der Waals surface area contributed by atoms with Gasteiger partial charge in [0.05, 0.1) is 5.41 Å². The summed E-state index contributed by atoms with van der Waals surface area (Å²) in [5, 5.41) is 18.2. The van der Waals surface area contributed by atoms with Crippen molar-refractivity contribution >= 4 is 5.97 Å². The maximum Gasteiger partial charge on any atom is 0.310 e. The lowest BCUT2D eigenvalue weighted by Gasteiger charge is -2.29. The van der Waals surface area contributed by atoms with Crippen LogP contribution < -0.4 is 0 Å².